The molecule has 0 aliphatic rings. The Balaban J connectivity index is 2.19. The summed E-state index contributed by atoms with van der Waals surface area (Å²) in [5.74, 6) is 0.527. The van der Waals surface area contributed by atoms with Crippen molar-refractivity contribution < 1.29 is 14.3 Å². The van der Waals surface area contributed by atoms with Gasteiger partial charge < -0.3 is 9.47 Å². The van der Waals surface area contributed by atoms with Crippen LogP contribution in [0.4, 0.5) is 0 Å². The van der Waals surface area contributed by atoms with Crippen LogP contribution in [0.5, 0.6) is 5.75 Å². The number of hydrogen-bond donors (Lipinski definition) is 0. The number of hydrogen-bond acceptors (Lipinski definition) is 5. The Labute approximate surface area is 116 Å². The van der Waals surface area contributed by atoms with Crippen molar-refractivity contribution in [3.63, 3.8) is 0 Å². The molecular formula is C14H15NO3S. The predicted molar refractivity (Wildman–Crippen MR) is 74.4 cm³/mol. The predicted octanol–water partition coefficient (Wildman–Crippen LogP) is 2.92. The van der Waals surface area contributed by atoms with Crippen LogP contribution in [0.25, 0.3) is 10.6 Å². The van der Waals surface area contributed by atoms with Gasteiger partial charge in [0.2, 0.25) is 0 Å². The molecule has 0 fully saturated rings. The van der Waals surface area contributed by atoms with E-state index < -0.39 is 0 Å². The van der Waals surface area contributed by atoms with E-state index in [1.54, 1.807) is 14.0 Å². The van der Waals surface area contributed by atoms with E-state index in [0.717, 1.165) is 22.0 Å². The lowest BCUT2D eigenvalue weighted by atomic mass is 10.2. The number of ether oxygens (including phenoxy) is 2. The molecule has 0 bridgehead atoms. The molecule has 1 aromatic heterocycles. The molecule has 0 radical (unpaired) electrons. The monoisotopic (exact) mass is 277 g/mol. The van der Waals surface area contributed by atoms with E-state index in [1.165, 1.54) is 11.3 Å². The Bertz CT molecular complexity index is 565. The third-order valence-electron chi connectivity index (χ3n) is 2.52. The van der Waals surface area contributed by atoms with Gasteiger partial charge in [-0.05, 0) is 19.1 Å². The molecule has 5 heteroatoms. The average molecular weight is 277 g/mol. The number of benzene rings is 1. The maximum absolute atomic E-state index is 11.4. The second-order valence-electron chi connectivity index (χ2n) is 3.83. The number of thiazole rings is 1. The Kier molecular flexibility index (Phi) is 4.52. The zero-order chi connectivity index (χ0) is 13.7. The summed E-state index contributed by atoms with van der Waals surface area (Å²) in [5.41, 5.74) is 1.66. The molecule has 0 saturated heterocycles. The number of nitrogens with zero attached hydrogens (tertiary/aromatic N) is 1. The zero-order valence-corrected chi connectivity index (χ0v) is 11.7. The lowest BCUT2D eigenvalue weighted by Crippen LogP contribution is -2.07. The summed E-state index contributed by atoms with van der Waals surface area (Å²) >= 11 is 1.49. The lowest BCUT2D eigenvalue weighted by Gasteiger charge is -2.04. The summed E-state index contributed by atoms with van der Waals surface area (Å²) in [6.45, 7) is 2.18. The first kappa shape index (κ1) is 13.5. The highest BCUT2D eigenvalue weighted by molar-refractivity contribution is 7.13. The average Bonchev–Trinajstić information content (AvgIpc) is 2.87. The van der Waals surface area contributed by atoms with Crippen LogP contribution in [0.3, 0.4) is 0 Å². The Morgan fingerprint density at radius 1 is 1.37 bits per heavy atom. The minimum Gasteiger partial charge on any atom is -0.496 e. The highest BCUT2D eigenvalue weighted by atomic mass is 32.1. The van der Waals surface area contributed by atoms with Crippen LogP contribution in [0.2, 0.25) is 0 Å². The number of para-hydroxylation sites is 1. The molecule has 1 heterocycles. The van der Waals surface area contributed by atoms with Crippen LogP contribution in [0.15, 0.2) is 29.6 Å². The van der Waals surface area contributed by atoms with Crippen LogP contribution in [0, 0.1) is 0 Å². The summed E-state index contributed by atoms with van der Waals surface area (Å²) in [7, 11) is 1.63. The minimum absolute atomic E-state index is 0.208. The molecule has 2 aromatic rings. The Morgan fingerprint density at radius 2 is 2.16 bits per heavy atom. The van der Waals surface area contributed by atoms with Gasteiger partial charge in [-0.2, -0.15) is 0 Å². The third kappa shape index (κ3) is 3.32. The second kappa shape index (κ2) is 6.33. The molecule has 1 aromatic carbocycles. The fourth-order valence-corrected chi connectivity index (χ4v) is 2.54. The summed E-state index contributed by atoms with van der Waals surface area (Å²) in [5, 5.41) is 2.72. The molecule has 0 aliphatic carbocycles. The fraction of sp³-hybridized carbons (Fsp3) is 0.286. The van der Waals surface area contributed by atoms with Gasteiger partial charge >= 0.3 is 5.97 Å². The summed E-state index contributed by atoms with van der Waals surface area (Å²) < 4.78 is 10.2. The quantitative estimate of drug-likeness (QED) is 0.788. The Morgan fingerprint density at radius 3 is 2.89 bits per heavy atom. The lowest BCUT2D eigenvalue weighted by molar-refractivity contribution is -0.142. The molecule has 0 saturated carbocycles. The van der Waals surface area contributed by atoms with Crippen LogP contribution in [-0.4, -0.2) is 24.7 Å². The number of rotatable bonds is 5. The fourth-order valence-electron chi connectivity index (χ4n) is 1.69. The summed E-state index contributed by atoms with van der Waals surface area (Å²) in [6, 6.07) is 7.69. The summed E-state index contributed by atoms with van der Waals surface area (Å²) in [6.07, 6.45) is 0.208. The van der Waals surface area contributed by atoms with Gasteiger partial charge in [0.1, 0.15) is 10.8 Å². The SMILES string of the molecule is CCOC(=O)Cc1csc(-c2ccccc2OC)n1. The largest absolute Gasteiger partial charge is 0.496 e. The van der Waals surface area contributed by atoms with Crippen LogP contribution in [0.1, 0.15) is 12.6 Å². The molecule has 0 atom stereocenters. The molecule has 0 amide bonds. The van der Waals surface area contributed by atoms with E-state index in [0.29, 0.717) is 6.61 Å². The number of carbonyl (C=O) groups excluding carboxylic acids is 1. The standard InChI is InChI=1S/C14H15NO3S/c1-3-18-13(16)8-10-9-19-14(15-10)11-6-4-5-7-12(11)17-2/h4-7,9H,3,8H2,1-2H3. The first-order valence-electron chi connectivity index (χ1n) is 5.98. The number of aromatic nitrogens is 1. The van der Waals surface area contributed by atoms with Crippen molar-refractivity contribution in [3.8, 4) is 16.3 Å². The maximum atomic E-state index is 11.4. The smallest absolute Gasteiger partial charge is 0.311 e. The number of esters is 1. The van der Waals surface area contributed by atoms with Crippen LogP contribution < -0.4 is 4.74 Å². The van der Waals surface area contributed by atoms with Crippen molar-refractivity contribution in [1.82, 2.24) is 4.98 Å². The maximum Gasteiger partial charge on any atom is 0.311 e. The number of carbonyl (C=O) groups is 1. The molecule has 0 N–H and O–H groups in total. The molecule has 19 heavy (non-hydrogen) atoms. The van der Waals surface area contributed by atoms with Crippen molar-refractivity contribution in [3.05, 3.63) is 35.3 Å². The van der Waals surface area contributed by atoms with Crippen molar-refractivity contribution in [2.24, 2.45) is 0 Å². The van der Waals surface area contributed by atoms with E-state index in [9.17, 15) is 4.79 Å². The first-order valence-corrected chi connectivity index (χ1v) is 6.86. The van der Waals surface area contributed by atoms with Gasteiger partial charge in [-0.15, -0.1) is 11.3 Å². The van der Waals surface area contributed by atoms with Crippen molar-refractivity contribution >= 4 is 17.3 Å². The minimum atomic E-state index is -0.251. The van der Waals surface area contributed by atoms with Gasteiger partial charge in [-0.3, -0.25) is 4.79 Å². The van der Waals surface area contributed by atoms with Gasteiger partial charge in [0.25, 0.3) is 0 Å². The van der Waals surface area contributed by atoms with E-state index in [4.69, 9.17) is 9.47 Å². The molecule has 0 unspecified atom stereocenters. The van der Waals surface area contributed by atoms with Crippen molar-refractivity contribution in [1.29, 1.82) is 0 Å². The van der Waals surface area contributed by atoms with Gasteiger partial charge in [0.15, 0.2) is 0 Å². The first-order chi connectivity index (χ1) is 9.24. The normalized spacial score (nSPS) is 10.2. The third-order valence-corrected chi connectivity index (χ3v) is 3.44. The van der Waals surface area contributed by atoms with Crippen molar-refractivity contribution in [2.75, 3.05) is 13.7 Å². The highest BCUT2D eigenvalue weighted by Crippen LogP contribution is 2.31. The summed E-state index contributed by atoms with van der Waals surface area (Å²) in [4.78, 5) is 15.8. The molecule has 2 rings (SSSR count). The van der Waals surface area contributed by atoms with Crippen molar-refractivity contribution in [2.45, 2.75) is 13.3 Å². The van der Waals surface area contributed by atoms with E-state index in [-0.39, 0.29) is 12.4 Å². The molecule has 0 spiro atoms. The van der Waals surface area contributed by atoms with E-state index in [1.807, 2.05) is 29.6 Å². The number of methoxy groups -OCH3 is 1. The van der Waals surface area contributed by atoms with E-state index in [2.05, 4.69) is 4.98 Å². The van der Waals surface area contributed by atoms with Gasteiger partial charge in [-0.25, -0.2) is 4.98 Å². The van der Waals surface area contributed by atoms with Crippen LogP contribution in [-0.2, 0) is 16.0 Å². The Hall–Kier alpha value is -1.88. The molecular weight excluding hydrogens is 262 g/mol. The van der Waals surface area contributed by atoms with Gasteiger partial charge in [0.05, 0.1) is 31.4 Å². The van der Waals surface area contributed by atoms with Crippen LogP contribution >= 0.6 is 11.3 Å². The molecule has 100 valence electrons. The van der Waals surface area contributed by atoms with E-state index >= 15 is 0 Å². The highest BCUT2D eigenvalue weighted by Gasteiger charge is 2.12. The molecule has 0 aliphatic heterocycles. The molecule has 4 nitrogen and oxygen atoms in total. The van der Waals surface area contributed by atoms with Gasteiger partial charge in [-0.1, -0.05) is 12.1 Å². The second-order valence-corrected chi connectivity index (χ2v) is 4.68. The van der Waals surface area contributed by atoms with Gasteiger partial charge in [0, 0.05) is 5.38 Å². The topological polar surface area (TPSA) is 48.4 Å². The zero-order valence-electron chi connectivity index (χ0n) is 10.9.